The van der Waals surface area contributed by atoms with E-state index in [1.807, 2.05) is 19.0 Å². The van der Waals surface area contributed by atoms with Crippen LogP contribution < -0.4 is 0 Å². The number of ether oxygens (including phenoxy) is 1. The molecule has 0 radical (unpaired) electrons. The Hall–Kier alpha value is -1.34. The second-order valence-corrected chi connectivity index (χ2v) is 5.66. The zero-order valence-electron chi connectivity index (χ0n) is 12.1. The lowest BCUT2D eigenvalue weighted by molar-refractivity contribution is -0.147. The molecule has 2 aliphatic rings. The summed E-state index contributed by atoms with van der Waals surface area (Å²) in [4.78, 5) is 29.2. The Bertz CT molecular complexity index is 375. The summed E-state index contributed by atoms with van der Waals surface area (Å²) in [6.45, 7) is 2.35. The van der Waals surface area contributed by atoms with Crippen LogP contribution in [0.2, 0.25) is 0 Å². The largest absolute Gasteiger partial charge is 0.480 e. The van der Waals surface area contributed by atoms with E-state index >= 15 is 0 Å². The Kier molecular flexibility index (Phi) is 4.82. The van der Waals surface area contributed by atoms with Gasteiger partial charge >= 0.3 is 12.0 Å². The van der Waals surface area contributed by atoms with Crippen LogP contribution in [0.15, 0.2) is 0 Å². The zero-order valence-corrected chi connectivity index (χ0v) is 12.1. The van der Waals surface area contributed by atoms with Gasteiger partial charge in [0.25, 0.3) is 0 Å². The van der Waals surface area contributed by atoms with Crippen LogP contribution in [0.3, 0.4) is 0 Å². The van der Waals surface area contributed by atoms with Crippen molar-refractivity contribution in [3.63, 3.8) is 0 Å². The van der Waals surface area contributed by atoms with Crippen LogP contribution in [0.1, 0.15) is 12.8 Å². The lowest BCUT2D eigenvalue weighted by Crippen LogP contribution is -2.58. The molecule has 2 fully saturated rings. The maximum absolute atomic E-state index is 12.6. The number of carbonyl (C=O) groups is 2. The highest BCUT2D eigenvalue weighted by Crippen LogP contribution is 2.21. The van der Waals surface area contributed by atoms with Gasteiger partial charge in [0.1, 0.15) is 0 Å². The first-order chi connectivity index (χ1) is 9.50. The number of morpholine rings is 1. The average Bonchev–Trinajstić information content (AvgIpc) is 2.85. The second-order valence-electron chi connectivity index (χ2n) is 5.66. The van der Waals surface area contributed by atoms with Crippen molar-refractivity contribution in [2.75, 3.05) is 46.9 Å². The first-order valence-electron chi connectivity index (χ1n) is 7.03. The van der Waals surface area contributed by atoms with Gasteiger partial charge in [0.2, 0.25) is 0 Å². The number of urea groups is 1. The summed E-state index contributed by atoms with van der Waals surface area (Å²) < 4.78 is 5.18. The van der Waals surface area contributed by atoms with Gasteiger partial charge in [-0.3, -0.25) is 0 Å². The van der Waals surface area contributed by atoms with Crippen LogP contribution >= 0.6 is 0 Å². The molecule has 0 spiro atoms. The molecule has 2 amide bonds. The van der Waals surface area contributed by atoms with E-state index in [-0.39, 0.29) is 18.7 Å². The molecule has 7 heteroatoms. The fraction of sp³-hybridized carbons (Fsp3) is 0.846. The molecule has 2 heterocycles. The van der Waals surface area contributed by atoms with E-state index in [2.05, 4.69) is 4.90 Å². The predicted octanol–water partition coefficient (Wildman–Crippen LogP) is -0.0822. The SMILES string of the molecule is CN(C)CC1CCCN1C(=O)N1CCOCC1C(=O)O. The minimum absolute atomic E-state index is 0.0766. The van der Waals surface area contributed by atoms with Gasteiger partial charge in [-0.05, 0) is 26.9 Å². The number of rotatable bonds is 3. The Morgan fingerprint density at radius 3 is 2.70 bits per heavy atom. The Morgan fingerprint density at radius 1 is 1.30 bits per heavy atom. The summed E-state index contributed by atoms with van der Waals surface area (Å²) >= 11 is 0. The van der Waals surface area contributed by atoms with Gasteiger partial charge in [0.05, 0.1) is 13.2 Å². The molecule has 0 aromatic carbocycles. The monoisotopic (exact) mass is 285 g/mol. The number of carbonyl (C=O) groups excluding carboxylic acids is 1. The van der Waals surface area contributed by atoms with Gasteiger partial charge in [-0.2, -0.15) is 0 Å². The third-order valence-electron chi connectivity index (χ3n) is 3.86. The van der Waals surface area contributed by atoms with Crippen molar-refractivity contribution >= 4 is 12.0 Å². The summed E-state index contributed by atoms with van der Waals surface area (Å²) in [5.41, 5.74) is 0. The van der Waals surface area contributed by atoms with Crippen molar-refractivity contribution in [2.45, 2.75) is 24.9 Å². The standard InChI is InChI=1S/C13H23N3O4/c1-14(2)8-10-4-3-5-15(10)13(19)16-6-7-20-9-11(16)12(17)18/h10-11H,3-9H2,1-2H3,(H,17,18). The van der Waals surface area contributed by atoms with E-state index in [4.69, 9.17) is 4.74 Å². The number of carboxylic acid groups (broad SMARTS) is 1. The first-order valence-corrected chi connectivity index (χ1v) is 7.03. The summed E-state index contributed by atoms with van der Waals surface area (Å²) in [5, 5.41) is 9.21. The van der Waals surface area contributed by atoms with Crippen molar-refractivity contribution < 1.29 is 19.4 Å². The summed E-state index contributed by atoms with van der Waals surface area (Å²) in [7, 11) is 3.96. The number of hydrogen-bond acceptors (Lipinski definition) is 4. The molecule has 2 saturated heterocycles. The van der Waals surface area contributed by atoms with E-state index < -0.39 is 12.0 Å². The molecule has 2 atom stereocenters. The minimum Gasteiger partial charge on any atom is -0.480 e. The van der Waals surface area contributed by atoms with E-state index in [1.54, 1.807) is 0 Å². The molecule has 1 N–H and O–H groups in total. The number of likely N-dealkylation sites (tertiary alicyclic amines) is 1. The number of nitrogens with zero attached hydrogens (tertiary/aromatic N) is 3. The molecule has 0 aliphatic carbocycles. The molecule has 7 nitrogen and oxygen atoms in total. The van der Waals surface area contributed by atoms with Crippen LogP contribution in [-0.2, 0) is 9.53 Å². The number of likely N-dealkylation sites (N-methyl/N-ethyl adjacent to an activating group) is 1. The van der Waals surface area contributed by atoms with Crippen LogP contribution in [0, 0.1) is 0 Å². The fourth-order valence-electron chi connectivity index (χ4n) is 2.90. The van der Waals surface area contributed by atoms with Crippen molar-refractivity contribution in [1.29, 1.82) is 0 Å². The Balaban J connectivity index is 2.06. The van der Waals surface area contributed by atoms with Gasteiger partial charge in [-0.15, -0.1) is 0 Å². The van der Waals surface area contributed by atoms with Crippen LogP contribution in [-0.4, -0.2) is 90.8 Å². The Morgan fingerprint density at radius 2 is 2.05 bits per heavy atom. The van der Waals surface area contributed by atoms with Crippen molar-refractivity contribution in [3.05, 3.63) is 0 Å². The normalized spacial score (nSPS) is 27.1. The van der Waals surface area contributed by atoms with E-state index in [9.17, 15) is 14.7 Å². The maximum Gasteiger partial charge on any atom is 0.328 e. The third kappa shape index (κ3) is 3.21. The topological polar surface area (TPSA) is 73.3 Å². The number of hydrogen-bond donors (Lipinski definition) is 1. The van der Waals surface area contributed by atoms with E-state index in [0.717, 1.165) is 19.4 Å². The van der Waals surface area contributed by atoms with Crippen LogP contribution in [0.25, 0.3) is 0 Å². The van der Waals surface area contributed by atoms with Gasteiger partial charge in [0.15, 0.2) is 6.04 Å². The van der Waals surface area contributed by atoms with Gasteiger partial charge in [-0.25, -0.2) is 9.59 Å². The number of carboxylic acids is 1. The van der Waals surface area contributed by atoms with Crippen molar-refractivity contribution in [3.8, 4) is 0 Å². The van der Waals surface area contributed by atoms with E-state index in [0.29, 0.717) is 19.7 Å². The number of amides is 2. The molecule has 0 saturated carbocycles. The Labute approximate surface area is 119 Å². The second kappa shape index (κ2) is 6.41. The molecule has 0 aromatic heterocycles. The molecule has 2 rings (SSSR count). The molecule has 20 heavy (non-hydrogen) atoms. The molecular formula is C13H23N3O4. The van der Waals surface area contributed by atoms with E-state index in [1.165, 1.54) is 4.90 Å². The molecular weight excluding hydrogens is 262 g/mol. The summed E-state index contributed by atoms with van der Waals surface area (Å²) in [6.07, 6.45) is 1.96. The highest BCUT2D eigenvalue weighted by Gasteiger charge is 2.38. The quantitative estimate of drug-likeness (QED) is 0.785. The van der Waals surface area contributed by atoms with Crippen LogP contribution in [0.5, 0.6) is 0 Å². The molecule has 114 valence electrons. The number of aliphatic carboxylic acids is 1. The highest BCUT2D eigenvalue weighted by atomic mass is 16.5. The van der Waals surface area contributed by atoms with Crippen molar-refractivity contribution in [1.82, 2.24) is 14.7 Å². The lowest BCUT2D eigenvalue weighted by atomic mass is 10.2. The fourth-order valence-corrected chi connectivity index (χ4v) is 2.90. The van der Waals surface area contributed by atoms with Gasteiger partial charge < -0.3 is 24.5 Å². The van der Waals surface area contributed by atoms with Gasteiger partial charge in [0, 0.05) is 25.7 Å². The zero-order chi connectivity index (χ0) is 14.7. The average molecular weight is 285 g/mol. The lowest BCUT2D eigenvalue weighted by Gasteiger charge is -2.37. The van der Waals surface area contributed by atoms with Gasteiger partial charge in [-0.1, -0.05) is 0 Å². The molecule has 2 aliphatic heterocycles. The highest BCUT2D eigenvalue weighted by molar-refractivity contribution is 5.83. The van der Waals surface area contributed by atoms with Crippen molar-refractivity contribution in [2.24, 2.45) is 0 Å². The molecule has 0 aromatic rings. The maximum atomic E-state index is 12.6. The van der Waals surface area contributed by atoms with Crippen LogP contribution in [0.4, 0.5) is 4.79 Å². The molecule has 2 unspecified atom stereocenters. The predicted molar refractivity (Wildman–Crippen MR) is 72.6 cm³/mol. The summed E-state index contributed by atoms with van der Waals surface area (Å²) in [6, 6.07) is -0.850. The molecule has 0 bridgehead atoms. The summed E-state index contributed by atoms with van der Waals surface area (Å²) in [5.74, 6) is -0.999. The third-order valence-corrected chi connectivity index (χ3v) is 3.86. The minimum atomic E-state index is -0.999. The smallest absolute Gasteiger partial charge is 0.328 e. The first kappa shape index (κ1) is 15.1.